The lowest BCUT2D eigenvalue weighted by Crippen LogP contribution is -2.24. The van der Waals surface area contributed by atoms with E-state index < -0.39 is 0 Å². The second-order valence-electron chi connectivity index (χ2n) is 3.83. The number of hydrogen-bond donors (Lipinski definition) is 1. The lowest BCUT2D eigenvalue weighted by Gasteiger charge is -2.04. The summed E-state index contributed by atoms with van der Waals surface area (Å²) >= 11 is 0. The van der Waals surface area contributed by atoms with Crippen LogP contribution in [-0.2, 0) is 19.1 Å². The van der Waals surface area contributed by atoms with Crippen LogP contribution >= 0.6 is 0 Å². The zero-order valence-corrected chi connectivity index (χ0v) is 10.8. The Balaban J connectivity index is 3.22. The molecule has 0 heterocycles. The first-order valence-corrected chi connectivity index (χ1v) is 6.03. The quantitative estimate of drug-likeness (QED) is 0.465. The molecule has 0 fully saturated rings. The lowest BCUT2D eigenvalue weighted by molar-refractivity contribution is -0.140. The maximum atomic E-state index is 11.3. The fourth-order valence-corrected chi connectivity index (χ4v) is 1.37. The van der Waals surface area contributed by atoms with Crippen LogP contribution in [0.1, 0.15) is 38.5 Å². The number of nitrogens with one attached hydrogen (secondary N) is 1. The fraction of sp³-hybridized carbons (Fsp3) is 0.833. The van der Waals surface area contributed by atoms with Gasteiger partial charge >= 0.3 is 5.97 Å². The average molecular weight is 245 g/mol. The number of amides is 1. The van der Waals surface area contributed by atoms with E-state index in [0.717, 1.165) is 25.7 Å². The van der Waals surface area contributed by atoms with Crippen molar-refractivity contribution in [1.29, 1.82) is 0 Å². The molecule has 0 aromatic heterocycles. The van der Waals surface area contributed by atoms with E-state index in [2.05, 4.69) is 10.1 Å². The Hall–Kier alpha value is -1.10. The largest absolute Gasteiger partial charge is 0.469 e. The molecule has 0 aliphatic heterocycles. The number of carbonyl (C=O) groups is 2. The summed E-state index contributed by atoms with van der Waals surface area (Å²) in [6, 6.07) is 0. The Bertz CT molecular complexity index is 219. The Morgan fingerprint density at radius 2 is 1.76 bits per heavy atom. The molecule has 0 rings (SSSR count). The molecular formula is C12H23NO4. The minimum absolute atomic E-state index is 0.0648. The van der Waals surface area contributed by atoms with Gasteiger partial charge < -0.3 is 14.8 Å². The molecule has 0 saturated heterocycles. The van der Waals surface area contributed by atoms with Crippen molar-refractivity contribution in [3.63, 3.8) is 0 Å². The molecule has 5 heteroatoms. The molecular weight excluding hydrogens is 222 g/mol. The van der Waals surface area contributed by atoms with Crippen molar-refractivity contribution < 1.29 is 19.1 Å². The summed E-state index contributed by atoms with van der Waals surface area (Å²) < 4.78 is 9.39. The van der Waals surface area contributed by atoms with Gasteiger partial charge in [0.2, 0.25) is 5.91 Å². The number of ether oxygens (including phenoxy) is 2. The maximum absolute atomic E-state index is 11.3. The molecule has 1 N–H and O–H groups in total. The standard InChI is InChI=1S/C12H23NO4/c1-16-10-6-7-11(14)13-9-5-3-4-8-12(15)17-2/h3-10H2,1-2H3,(H,13,14). The first kappa shape index (κ1) is 15.9. The highest BCUT2D eigenvalue weighted by molar-refractivity contribution is 5.75. The van der Waals surface area contributed by atoms with E-state index in [0.29, 0.717) is 26.0 Å². The topological polar surface area (TPSA) is 64.6 Å². The molecule has 0 spiro atoms. The summed E-state index contributed by atoms with van der Waals surface area (Å²) in [4.78, 5) is 22.1. The monoisotopic (exact) mass is 245 g/mol. The summed E-state index contributed by atoms with van der Waals surface area (Å²) in [5, 5.41) is 2.83. The van der Waals surface area contributed by atoms with Crippen molar-refractivity contribution in [3.05, 3.63) is 0 Å². The predicted molar refractivity (Wildman–Crippen MR) is 64.6 cm³/mol. The smallest absolute Gasteiger partial charge is 0.305 e. The minimum Gasteiger partial charge on any atom is -0.469 e. The van der Waals surface area contributed by atoms with Crippen LogP contribution in [0.15, 0.2) is 0 Å². The third kappa shape index (κ3) is 11.2. The van der Waals surface area contributed by atoms with Gasteiger partial charge in [-0.3, -0.25) is 9.59 Å². The minimum atomic E-state index is -0.173. The highest BCUT2D eigenvalue weighted by Gasteiger charge is 2.01. The van der Waals surface area contributed by atoms with Gasteiger partial charge in [0.25, 0.3) is 0 Å². The van der Waals surface area contributed by atoms with E-state index in [4.69, 9.17) is 4.74 Å². The van der Waals surface area contributed by atoms with Crippen LogP contribution < -0.4 is 5.32 Å². The van der Waals surface area contributed by atoms with Crippen LogP contribution in [-0.4, -0.2) is 39.2 Å². The molecule has 1 amide bonds. The van der Waals surface area contributed by atoms with Gasteiger partial charge in [0.05, 0.1) is 7.11 Å². The molecule has 0 radical (unpaired) electrons. The zero-order chi connectivity index (χ0) is 12.9. The molecule has 0 aromatic carbocycles. The van der Waals surface area contributed by atoms with E-state index in [1.54, 1.807) is 7.11 Å². The van der Waals surface area contributed by atoms with E-state index >= 15 is 0 Å². The van der Waals surface area contributed by atoms with Gasteiger partial charge in [0.1, 0.15) is 0 Å². The maximum Gasteiger partial charge on any atom is 0.305 e. The number of unbranched alkanes of at least 4 members (excludes halogenated alkanes) is 2. The number of esters is 1. The van der Waals surface area contributed by atoms with Crippen molar-refractivity contribution >= 4 is 11.9 Å². The average Bonchev–Trinajstić information content (AvgIpc) is 2.33. The Morgan fingerprint density at radius 3 is 2.41 bits per heavy atom. The SMILES string of the molecule is COCCCC(=O)NCCCCCC(=O)OC. The molecule has 0 aliphatic rings. The van der Waals surface area contributed by atoms with Gasteiger partial charge in [-0.15, -0.1) is 0 Å². The molecule has 100 valence electrons. The molecule has 0 saturated carbocycles. The number of carbonyl (C=O) groups excluding carboxylic acids is 2. The second kappa shape index (κ2) is 11.4. The summed E-state index contributed by atoms with van der Waals surface area (Å²) in [5.74, 6) is -0.108. The van der Waals surface area contributed by atoms with E-state index in [1.165, 1.54) is 7.11 Å². The van der Waals surface area contributed by atoms with Crippen LogP contribution in [0.2, 0.25) is 0 Å². The number of rotatable bonds is 10. The van der Waals surface area contributed by atoms with Crippen LogP contribution in [0.3, 0.4) is 0 Å². The Kier molecular flexibility index (Phi) is 10.7. The summed E-state index contributed by atoms with van der Waals surface area (Å²) in [7, 11) is 3.02. The third-order valence-electron chi connectivity index (χ3n) is 2.36. The van der Waals surface area contributed by atoms with Crippen molar-refractivity contribution in [3.8, 4) is 0 Å². The molecule has 0 aromatic rings. The molecule has 17 heavy (non-hydrogen) atoms. The van der Waals surface area contributed by atoms with Gasteiger partial charge in [0, 0.05) is 33.1 Å². The van der Waals surface area contributed by atoms with Crippen molar-refractivity contribution in [1.82, 2.24) is 5.32 Å². The zero-order valence-electron chi connectivity index (χ0n) is 10.8. The molecule has 0 aliphatic carbocycles. The number of hydrogen-bond acceptors (Lipinski definition) is 4. The predicted octanol–water partition coefficient (Wildman–Crippen LogP) is 1.26. The van der Waals surface area contributed by atoms with E-state index in [9.17, 15) is 9.59 Å². The van der Waals surface area contributed by atoms with Gasteiger partial charge in [-0.2, -0.15) is 0 Å². The van der Waals surface area contributed by atoms with Crippen LogP contribution in [0.25, 0.3) is 0 Å². The van der Waals surface area contributed by atoms with Crippen LogP contribution in [0.5, 0.6) is 0 Å². The Labute approximate surface area is 103 Å². The van der Waals surface area contributed by atoms with Crippen molar-refractivity contribution in [2.24, 2.45) is 0 Å². The van der Waals surface area contributed by atoms with Crippen LogP contribution in [0, 0.1) is 0 Å². The lowest BCUT2D eigenvalue weighted by atomic mass is 10.2. The third-order valence-corrected chi connectivity index (χ3v) is 2.36. The van der Waals surface area contributed by atoms with Crippen molar-refractivity contribution in [2.45, 2.75) is 38.5 Å². The Morgan fingerprint density at radius 1 is 1.00 bits per heavy atom. The van der Waals surface area contributed by atoms with Gasteiger partial charge in [-0.05, 0) is 19.3 Å². The van der Waals surface area contributed by atoms with E-state index in [-0.39, 0.29) is 11.9 Å². The summed E-state index contributed by atoms with van der Waals surface area (Å²) in [6.45, 7) is 1.29. The van der Waals surface area contributed by atoms with Gasteiger partial charge in [-0.1, -0.05) is 6.42 Å². The second-order valence-corrected chi connectivity index (χ2v) is 3.83. The van der Waals surface area contributed by atoms with Gasteiger partial charge in [0.15, 0.2) is 0 Å². The highest BCUT2D eigenvalue weighted by atomic mass is 16.5. The highest BCUT2D eigenvalue weighted by Crippen LogP contribution is 2.00. The normalized spacial score (nSPS) is 10.0. The molecule has 0 unspecified atom stereocenters. The first-order chi connectivity index (χ1) is 8.20. The first-order valence-electron chi connectivity index (χ1n) is 6.03. The molecule has 5 nitrogen and oxygen atoms in total. The summed E-state index contributed by atoms with van der Waals surface area (Å²) in [6.07, 6.45) is 4.35. The van der Waals surface area contributed by atoms with Crippen LogP contribution in [0.4, 0.5) is 0 Å². The van der Waals surface area contributed by atoms with E-state index in [1.807, 2.05) is 0 Å². The van der Waals surface area contributed by atoms with Crippen molar-refractivity contribution in [2.75, 3.05) is 27.4 Å². The molecule has 0 atom stereocenters. The molecule has 0 bridgehead atoms. The van der Waals surface area contributed by atoms with Gasteiger partial charge in [-0.25, -0.2) is 0 Å². The summed E-state index contributed by atoms with van der Waals surface area (Å²) in [5.41, 5.74) is 0. The fourth-order valence-electron chi connectivity index (χ4n) is 1.37. The number of methoxy groups -OCH3 is 2.